The van der Waals surface area contributed by atoms with E-state index in [1.165, 1.54) is 18.2 Å². The highest BCUT2D eigenvalue weighted by Gasteiger charge is 2.10. The number of benzene rings is 2. The van der Waals surface area contributed by atoms with Crippen molar-refractivity contribution in [1.29, 1.82) is 0 Å². The number of carbonyl (C=O) groups is 2. The van der Waals surface area contributed by atoms with Gasteiger partial charge in [-0.3, -0.25) is 9.59 Å². The molecule has 0 unspecified atom stereocenters. The van der Waals surface area contributed by atoms with Gasteiger partial charge >= 0.3 is 5.97 Å². The number of rotatable bonds is 6. The van der Waals surface area contributed by atoms with Gasteiger partial charge in [0, 0.05) is 5.56 Å². The predicted molar refractivity (Wildman–Crippen MR) is 95.2 cm³/mol. The standard InChI is InChI=1S/C18H15Cl2NO3/c19-15-9-8-14(11-16(15)20)18(23)21-12-17(22)24-10-4-7-13-5-2-1-3-6-13/h1-9,11H,10,12H2,(H,21,23)/b7-4+. The summed E-state index contributed by atoms with van der Waals surface area (Å²) in [5.41, 5.74) is 1.34. The zero-order chi connectivity index (χ0) is 17.4. The molecule has 4 nitrogen and oxygen atoms in total. The molecule has 0 aliphatic carbocycles. The predicted octanol–water partition coefficient (Wildman–Crippen LogP) is 3.98. The minimum absolute atomic E-state index is 0.135. The van der Waals surface area contributed by atoms with Crippen LogP contribution in [0.15, 0.2) is 54.6 Å². The summed E-state index contributed by atoms with van der Waals surface area (Å²) in [6, 6.07) is 14.1. The number of halogens is 2. The summed E-state index contributed by atoms with van der Waals surface area (Å²) in [7, 11) is 0. The van der Waals surface area contributed by atoms with Gasteiger partial charge in [-0.2, -0.15) is 0 Å². The van der Waals surface area contributed by atoms with Crippen LogP contribution in [0.25, 0.3) is 6.08 Å². The van der Waals surface area contributed by atoms with Crippen molar-refractivity contribution in [3.63, 3.8) is 0 Å². The molecule has 0 spiro atoms. The fourth-order valence-corrected chi connectivity index (χ4v) is 2.13. The molecule has 0 bridgehead atoms. The summed E-state index contributed by atoms with van der Waals surface area (Å²) in [6.07, 6.45) is 3.58. The minimum atomic E-state index is -0.527. The second-order valence-corrected chi connectivity index (χ2v) is 5.62. The molecule has 0 aliphatic rings. The third kappa shape index (κ3) is 5.72. The van der Waals surface area contributed by atoms with Gasteiger partial charge in [0.1, 0.15) is 13.2 Å². The Balaban J connectivity index is 1.73. The Bertz CT molecular complexity index is 745. The monoisotopic (exact) mass is 363 g/mol. The minimum Gasteiger partial charge on any atom is -0.460 e. The van der Waals surface area contributed by atoms with Crippen LogP contribution in [0.5, 0.6) is 0 Å². The third-order valence-corrected chi connectivity index (χ3v) is 3.76. The molecule has 1 amide bonds. The molecule has 0 radical (unpaired) electrons. The van der Waals surface area contributed by atoms with Crippen LogP contribution in [0.1, 0.15) is 15.9 Å². The highest BCUT2D eigenvalue weighted by atomic mass is 35.5. The average molecular weight is 364 g/mol. The summed E-state index contributed by atoms with van der Waals surface area (Å²) < 4.78 is 5.01. The van der Waals surface area contributed by atoms with E-state index in [4.69, 9.17) is 27.9 Å². The molecule has 0 saturated heterocycles. The van der Waals surface area contributed by atoms with Crippen molar-refractivity contribution in [3.05, 3.63) is 75.8 Å². The first-order chi connectivity index (χ1) is 11.6. The number of hydrogen-bond acceptors (Lipinski definition) is 3. The number of ether oxygens (including phenoxy) is 1. The molecule has 124 valence electrons. The van der Waals surface area contributed by atoms with Crippen LogP contribution in [0.2, 0.25) is 10.0 Å². The van der Waals surface area contributed by atoms with Gasteiger partial charge in [0.2, 0.25) is 0 Å². The molecule has 24 heavy (non-hydrogen) atoms. The van der Waals surface area contributed by atoms with Crippen molar-refractivity contribution in [2.75, 3.05) is 13.2 Å². The normalized spacial score (nSPS) is 10.6. The molecule has 2 aromatic rings. The topological polar surface area (TPSA) is 55.4 Å². The summed E-state index contributed by atoms with van der Waals surface area (Å²) in [4.78, 5) is 23.5. The van der Waals surface area contributed by atoms with E-state index < -0.39 is 11.9 Å². The van der Waals surface area contributed by atoms with Crippen molar-refractivity contribution < 1.29 is 14.3 Å². The van der Waals surface area contributed by atoms with Gasteiger partial charge in [-0.05, 0) is 29.8 Å². The van der Waals surface area contributed by atoms with Crippen LogP contribution in [0.4, 0.5) is 0 Å². The van der Waals surface area contributed by atoms with E-state index in [9.17, 15) is 9.59 Å². The van der Waals surface area contributed by atoms with Gasteiger partial charge in [-0.1, -0.05) is 59.6 Å². The first kappa shape index (κ1) is 18.0. The maximum Gasteiger partial charge on any atom is 0.325 e. The Labute approximate surface area is 150 Å². The van der Waals surface area contributed by atoms with Gasteiger partial charge in [0.05, 0.1) is 10.0 Å². The number of amides is 1. The molecule has 2 rings (SSSR count). The lowest BCUT2D eigenvalue weighted by molar-refractivity contribution is -0.141. The Kier molecular flexibility index (Phi) is 6.85. The van der Waals surface area contributed by atoms with Crippen molar-refractivity contribution in [2.24, 2.45) is 0 Å². The third-order valence-electron chi connectivity index (χ3n) is 3.03. The number of hydrogen-bond donors (Lipinski definition) is 1. The fraction of sp³-hybridized carbons (Fsp3) is 0.111. The van der Waals surface area contributed by atoms with E-state index in [0.29, 0.717) is 10.6 Å². The smallest absolute Gasteiger partial charge is 0.325 e. The lowest BCUT2D eigenvalue weighted by Gasteiger charge is -2.06. The molecule has 0 saturated carbocycles. The van der Waals surface area contributed by atoms with E-state index in [-0.39, 0.29) is 18.2 Å². The molecular weight excluding hydrogens is 349 g/mol. The largest absolute Gasteiger partial charge is 0.460 e. The lowest BCUT2D eigenvalue weighted by atomic mass is 10.2. The first-order valence-electron chi connectivity index (χ1n) is 7.17. The zero-order valence-corrected chi connectivity index (χ0v) is 14.2. The molecule has 0 aliphatic heterocycles. The van der Waals surface area contributed by atoms with Crippen LogP contribution in [0.3, 0.4) is 0 Å². The molecule has 0 fully saturated rings. The van der Waals surface area contributed by atoms with Crippen LogP contribution in [0, 0.1) is 0 Å². The van der Waals surface area contributed by atoms with Crippen LogP contribution in [-0.2, 0) is 9.53 Å². The first-order valence-corrected chi connectivity index (χ1v) is 7.92. The second-order valence-electron chi connectivity index (χ2n) is 4.81. The number of nitrogens with one attached hydrogen (secondary N) is 1. The Morgan fingerprint density at radius 2 is 1.79 bits per heavy atom. The lowest BCUT2D eigenvalue weighted by Crippen LogP contribution is -2.30. The molecule has 2 aromatic carbocycles. The van der Waals surface area contributed by atoms with E-state index in [1.807, 2.05) is 36.4 Å². The van der Waals surface area contributed by atoms with E-state index in [2.05, 4.69) is 5.32 Å². The number of carbonyl (C=O) groups excluding carboxylic acids is 2. The molecule has 0 atom stereocenters. The quantitative estimate of drug-likeness (QED) is 0.789. The van der Waals surface area contributed by atoms with E-state index in [0.717, 1.165) is 5.56 Å². The molecule has 1 N–H and O–H groups in total. The molecular formula is C18H15Cl2NO3. The SMILES string of the molecule is O=C(CNC(=O)c1ccc(Cl)c(Cl)c1)OC/C=C/c1ccccc1. The van der Waals surface area contributed by atoms with Crippen molar-refractivity contribution in [3.8, 4) is 0 Å². The van der Waals surface area contributed by atoms with E-state index in [1.54, 1.807) is 6.08 Å². The molecule has 6 heteroatoms. The average Bonchev–Trinajstić information content (AvgIpc) is 2.60. The van der Waals surface area contributed by atoms with Gasteiger partial charge in [-0.15, -0.1) is 0 Å². The Hall–Kier alpha value is -2.30. The second kappa shape index (κ2) is 9.11. The van der Waals surface area contributed by atoms with Gasteiger partial charge in [0.25, 0.3) is 5.91 Å². The van der Waals surface area contributed by atoms with Crippen LogP contribution in [-0.4, -0.2) is 25.0 Å². The summed E-state index contributed by atoms with van der Waals surface area (Å²) >= 11 is 11.6. The number of esters is 1. The fourth-order valence-electron chi connectivity index (χ4n) is 1.83. The molecule has 0 heterocycles. The van der Waals surface area contributed by atoms with Crippen LogP contribution >= 0.6 is 23.2 Å². The Morgan fingerprint density at radius 1 is 1.04 bits per heavy atom. The van der Waals surface area contributed by atoms with Gasteiger partial charge in [-0.25, -0.2) is 0 Å². The van der Waals surface area contributed by atoms with Crippen molar-refractivity contribution >= 4 is 41.2 Å². The highest BCUT2D eigenvalue weighted by Crippen LogP contribution is 2.22. The molecule has 0 aromatic heterocycles. The van der Waals surface area contributed by atoms with Crippen molar-refractivity contribution in [1.82, 2.24) is 5.32 Å². The van der Waals surface area contributed by atoms with Gasteiger partial charge in [0.15, 0.2) is 0 Å². The van der Waals surface area contributed by atoms with E-state index >= 15 is 0 Å². The zero-order valence-electron chi connectivity index (χ0n) is 12.7. The van der Waals surface area contributed by atoms with Crippen LogP contribution < -0.4 is 5.32 Å². The summed E-state index contributed by atoms with van der Waals surface area (Å²) in [5.74, 6) is -0.952. The Morgan fingerprint density at radius 3 is 2.50 bits per heavy atom. The summed E-state index contributed by atoms with van der Waals surface area (Å²) in [5, 5.41) is 3.10. The highest BCUT2D eigenvalue weighted by molar-refractivity contribution is 6.42. The van der Waals surface area contributed by atoms with Crippen molar-refractivity contribution in [2.45, 2.75) is 0 Å². The maximum absolute atomic E-state index is 11.9. The van der Waals surface area contributed by atoms with Gasteiger partial charge < -0.3 is 10.1 Å². The maximum atomic E-state index is 11.9. The summed E-state index contributed by atoms with van der Waals surface area (Å²) in [6.45, 7) is -0.0887.